The SMILES string of the molecule is Nc1c(NCCc2ccc(Cl)cc2)ccc2scnc12. The van der Waals surface area contributed by atoms with Gasteiger partial charge in [0.15, 0.2) is 0 Å². The third-order valence-corrected chi connectivity index (χ3v) is 4.23. The number of rotatable bonds is 4. The highest BCUT2D eigenvalue weighted by molar-refractivity contribution is 7.16. The Balaban J connectivity index is 1.67. The van der Waals surface area contributed by atoms with Gasteiger partial charge in [-0.3, -0.25) is 0 Å². The number of fused-ring (bicyclic) bond motifs is 1. The van der Waals surface area contributed by atoms with Crippen molar-refractivity contribution in [1.29, 1.82) is 0 Å². The van der Waals surface area contributed by atoms with Crippen LogP contribution in [0.2, 0.25) is 5.02 Å². The Morgan fingerprint density at radius 2 is 1.95 bits per heavy atom. The molecule has 0 amide bonds. The second kappa shape index (κ2) is 5.69. The Hall–Kier alpha value is -1.78. The number of halogens is 1. The summed E-state index contributed by atoms with van der Waals surface area (Å²) in [5.41, 5.74) is 11.7. The standard InChI is InChI=1S/C15H14ClN3S/c16-11-3-1-10(2-4-11)7-8-18-12-5-6-13-15(14(12)17)19-9-20-13/h1-6,9,18H,7-8,17H2. The maximum Gasteiger partial charge on any atom is 0.106 e. The lowest BCUT2D eigenvalue weighted by Gasteiger charge is -2.09. The number of nitrogen functional groups attached to an aromatic ring is 1. The summed E-state index contributed by atoms with van der Waals surface area (Å²) in [7, 11) is 0. The fourth-order valence-electron chi connectivity index (χ4n) is 2.10. The number of anilines is 2. The van der Waals surface area contributed by atoms with Crippen molar-refractivity contribution in [3.63, 3.8) is 0 Å². The molecule has 0 spiro atoms. The Morgan fingerprint density at radius 1 is 1.15 bits per heavy atom. The Morgan fingerprint density at radius 3 is 2.75 bits per heavy atom. The number of hydrogen-bond donors (Lipinski definition) is 2. The summed E-state index contributed by atoms with van der Waals surface area (Å²) < 4.78 is 1.12. The van der Waals surface area contributed by atoms with Gasteiger partial charge in [-0.15, -0.1) is 11.3 Å². The van der Waals surface area contributed by atoms with Gasteiger partial charge in [-0.2, -0.15) is 0 Å². The molecule has 0 aliphatic carbocycles. The van der Waals surface area contributed by atoms with E-state index in [1.807, 2.05) is 41.9 Å². The molecule has 0 aliphatic rings. The van der Waals surface area contributed by atoms with Gasteiger partial charge in [0.2, 0.25) is 0 Å². The van der Waals surface area contributed by atoms with Crippen molar-refractivity contribution in [2.24, 2.45) is 0 Å². The summed E-state index contributed by atoms with van der Waals surface area (Å²) in [4.78, 5) is 4.29. The van der Waals surface area contributed by atoms with E-state index < -0.39 is 0 Å². The van der Waals surface area contributed by atoms with E-state index in [0.717, 1.165) is 39.6 Å². The van der Waals surface area contributed by atoms with Gasteiger partial charge in [-0.1, -0.05) is 23.7 Å². The van der Waals surface area contributed by atoms with E-state index in [2.05, 4.69) is 10.3 Å². The van der Waals surface area contributed by atoms with Crippen LogP contribution >= 0.6 is 22.9 Å². The van der Waals surface area contributed by atoms with Gasteiger partial charge < -0.3 is 11.1 Å². The molecule has 1 heterocycles. The fourth-order valence-corrected chi connectivity index (χ4v) is 2.92. The molecule has 5 heteroatoms. The van der Waals surface area contributed by atoms with Crippen molar-refractivity contribution in [3.8, 4) is 0 Å². The molecule has 0 aliphatic heterocycles. The Bertz CT molecular complexity index is 722. The van der Waals surface area contributed by atoms with E-state index in [1.54, 1.807) is 11.3 Å². The predicted octanol–water partition coefficient (Wildman–Crippen LogP) is 4.19. The molecular weight excluding hydrogens is 290 g/mol. The van der Waals surface area contributed by atoms with Crippen molar-refractivity contribution in [2.45, 2.75) is 6.42 Å². The molecule has 0 bridgehead atoms. The minimum Gasteiger partial charge on any atom is -0.395 e. The van der Waals surface area contributed by atoms with Crippen LogP contribution in [0.5, 0.6) is 0 Å². The molecule has 2 aromatic carbocycles. The number of hydrogen-bond acceptors (Lipinski definition) is 4. The molecule has 3 rings (SSSR count). The number of nitrogens with one attached hydrogen (secondary N) is 1. The van der Waals surface area contributed by atoms with Crippen molar-refractivity contribution in [2.75, 3.05) is 17.6 Å². The number of benzene rings is 2. The van der Waals surface area contributed by atoms with Crippen LogP contribution in [0, 0.1) is 0 Å². The average Bonchev–Trinajstić information content (AvgIpc) is 2.93. The van der Waals surface area contributed by atoms with Crippen LogP contribution in [0.3, 0.4) is 0 Å². The van der Waals surface area contributed by atoms with Crippen LogP contribution in [0.15, 0.2) is 41.9 Å². The lowest BCUT2D eigenvalue weighted by atomic mass is 10.1. The molecular formula is C15H14ClN3S. The molecule has 0 unspecified atom stereocenters. The molecule has 3 nitrogen and oxygen atoms in total. The summed E-state index contributed by atoms with van der Waals surface area (Å²) in [6.07, 6.45) is 0.922. The number of aromatic nitrogens is 1. The first-order chi connectivity index (χ1) is 9.74. The van der Waals surface area contributed by atoms with E-state index in [1.165, 1.54) is 5.56 Å². The third kappa shape index (κ3) is 2.71. The normalized spacial score (nSPS) is 10.8. The number of nitrogens with two attached hydrogens (primary N) is 1. The van der Waals surface area contributed by atoms with Crippen molar-refractivity contribution in [1.82, 2.24) is 4.98 Å². The molecule has 102 valence electrons. The highest BCUT2D eigenvalue weighted by Crippen LogP contribution is 2.29. The predicted molar refractivity (Wildman–Crippen MR) is 87.7 cm³/mol. The van der Waals surface area contributed by atoms with Gasteiger partial charge >= 0.3 is 0 Å². The fraction of sp³-hybridized carbons (Fsp3) is 0.133. The van der Waals surface area contributed by atoms with Crippen LogP contribution in [-0.2, 0) is 6.42 Å². The molecule has 3 N–H and O–H groups in total. The molecule has 1 aromatic heterocycles. The molecule has 20 heavy (non-hydrogen) atoms. The van der Waals surface area contributed by atoms with Gasteiger partial charge in [0.1, 0.15) is 5.52 Å². The summed E-state index contributed by atoms with van der Waals surface area (Å²) >= 11 is 7.47. The van der Waals surface area contributed by atoms with Crippen LogP contribution in [-0.4, -0.2) is 11.5 Å². The van der Waals surface area contributed by atoms with E-state index in [4.69, 9.17) is 17.3 Å². The first-order valence-corrected chi connectivity index (χ1v) is 7.60. The van der Waals surface area contributed by atoms with Crippen LogP contribution in [0.4, 0.5) is 11.4 Å². The second-order valence-corrected chi connectivity index (χ2v) is 5.85. The minimum absolute atomic E-state index is 0.722. The molecule has 0 saturated heterocycles. The highest BCUT2D eigenvalue weighted by Gasteiger charge is 2.06. The smallest absolute Gasteiger partial charge is 0.106 e. The monoisotopic (exact) mass is 303 g/mol. The van der Waals surface area contributed by atoms with Crippen LogP contribution < -0.4 is 11.1 Å². The van der Waals surface area contributed by atoms with E-state index in [0.29, 0.717) is 0 Å². The maximum absolute atomic E-state index is 6.13. The third-order valence-electron chi connectivity index (χ3n) is 3.18. The summed E-state index contributed by atoms with van der Waals surface area (Å²) in [6.45, 7) is 0.821. The first-order valence-electron chi connectivity index (χ1n) is 6.34. The van der Waals surface area contributed by atoms with Crippen molar-refractivity contribution >= 4 is 44.5 Å². The molecule has 0 saturated carbocycles. The molecule has 0 radical (unpaired) electrons. The largest absolute Gasteiger partial charge is 0.395 e. The van der Waals surface area contributed by atoms with Gasteiger partial charge in [0.05, 0.1) is 21.6 Å². The lowest BCUT2D eigenvalue weighted by molar-refractivity contribution is 1.02. The zero-order valence-corrected chi connectivity index (χ0v) is 12.3. The Labute approximate surface area is 126 Å². The highest BCUT2D eigenvalue weighted by atomic mass is 35.5. The van der Waals surface area contributed by atoms with Crippen molar-refractivity contribution < 1.29 is 0 Å². The average molecular weight is 304 g/mol. The lowest BCUT2D eigenvalue weighted by Crippen LogP contribution is -2.07. The van der Waals surface area contributed by atoms with Crippen molar-refractivity contribution in [3.05, 3.63) is 52.5 Å². The quantitative estimate of drug-likeness (QED) is 0.711. The van der Waals surface area contributed by atoms with E-state index in [-0.39, 0.29) is 0 Å². The summed E-state index contributed by atoms with van der Waals surface area (Å²) in [5, 5.41) is 4.13. The van der Waals surface area contributed by atoms with Gasteiger partial charge in [-0.05, 0) is 36.2 Å². The van der Waals surface area contributed by atoms with Gasteiger partial charge in [0, 0.05) is 11.6 Å². The molecule has 0 fully saturated rings. The van der Waals surface area contributed by atoms with Crippen LogP contribution in [0.1, 0.15) is 5.56 Å². The van der Waals surface area contributed by atoms with E-state index in [9.17, 15) is 0 Å². The minimum atomic E-state index is 0.722. The zero-order valence-electron chi connectivity index (χ0n) is 10.8. The number of nitrogens with zero attached hydrogens (tertiary/aromatic N) is 1. The summed E-state index contributed by atoms with van der Waals surface area (Å²) in [5.74, 6) is 0. The summed E-state index contributed by atoms with van der Waals surface area (Å²) in [6, 6.07) is 12.0. The van der Waals surface area contributed by atoms with Gasteiger partial charge in [-0.25, -0.2) is 4.98 Å². The Kier molecular flexibility index (Phi) is 3.76. The van der Waals surface area contributed by atoms with Crippen LogP contribution in [0.25, 0.3) is 10.2 Å². The zero-order chi connectivity index (χ0) is 13.9. The second-order valence-electron chi connectivity index (χ2n) is 4.53. The van der Waals surface area contributed by atoms with E-state index >= 15 is 0 Å². The molecule has 0 atom stereocenters. The maximum atomic E-state index is 6.13. The topological polar surface area (TPSA) is 50.9 Å². The number of thiazole rings is 1. The first kappa shape index (κ1) is 13.2. The molecule has 3 aromatic rings. The van der Waals surface area contributed by atoms with Gasteiger partial charge in [0.25, 0.3) is 0 Å².